The van der Waals surface area contributed by atoms with E-state index in [1.807, 2.05) is 25.1 Å². The van der Waals surface area contributed by atoms with Crippen LogP contribution in [0.2, 0.25) is 0 Å². The number of carbonyl (C=O) groups is 1. The topological polar surface area (TPSA) is 106 Å². The SMILES string of the molecule is Cc1cc(C2=NN=C(C(N)=O)Cc3cc4c(cc32)OCO4)ccc1[N+](C)=O. The molecule has 0 radical (unpaired) electrons. The second-order valence-corrected chi connectivity index (χ2v) is 6.40. The minimum atomic E-state index is -0.622. The number of benzene rings is 2. The van der Waals surface area contributed by atoms with Crippen LogP contribution in [-0.2, 0) is 11.2 Å². The van der Waals surface area contributed by atoms with Crippen molar-refractivity contribution in [2.75, 3.05) is 13.8 Å². The lowest BCUT2D eigenvalue weighted by Gasteiger charge is -2.11. The summed E-state index contributed by atoms with van der Waals surface area (Å²) in [6.07, 6.45) is 0.245. The van der Waals surface area contributed by atoms with Gasteiger partial charge in [-0.2, -0.15) is 0 Å². The number of ether oxygens (including phenoxy) is 2. The molecule has 8 nitrogen and oxygen atoms in total. The van der Waals surface area contributed by atoms with Gasteiger partial charge in [0.15, 0.2) is 18.5 Å². The number of carbonyl (C=O) groups excluding carboxylic acids is 1. The van der Waals surface area contributed by atoms with E-state index in [4.69, 9.17) is 15.2 Å². The molecule has 1 amide bonds. The summed E-state index contributed by atoms with van der Waals surface area (Å²) in [6, 6.07) is 9.05. The van der Waals surface area contributed by atoms with Gasteiger partial charge >= 0.3 is 0 Å². The van der Waals surface area contributed by atoms with Gasteiger partial charge in [-0.3, -0.25) is 4.79 Å². The summed E-state index contributed by atoms with van der Waals surface area (Å²) < 4.78 is 11.7. The molecule has 0 fully saturated rings. The first-order valence-electron chi connectivity index (χ1n) is 8.33. The van der Waals surface area contributed by atoms with Crippen molar-refractivity contribution >= 4 is 23.0 Å². The van der Waals surface area contributed by atoms with Crippen LogP contribution in [0.25, 0.3) is 0 Å². The predicted octanol–water partition coefficient (Wildman–Crippen LogP) is 2.00. The quantitative estimate of drug-likeness (QED) is 0.840. The van der Waals surface area contributed by atoms with Gasteiger partial charge in [-0.05, 0) is 36.8 Å². The van der Waals surface area contributed by atoms with Crippen molar-refractivity contribution in [3.8, 4) is 11.5 Å². The van der Waals surface area contributed by atoms with Gasteiger partial charge in [-0.15, -0.1) is 10.2 Å². The molecule has 2 aliphatic heterocycles. The third kappa shape index (κ3) is 2.95. The third-order valence-corrected chi connectivity index (χ3v) is 4.58. The van der Waals surface area contributed by atoms with Crippen LogP contribution in [0.3, 0.4) is 0 Å². The number of aryl methyl sites for hydroxylation is 1. The molecule has 0 spiro atoms. The monoisotopic (exact) mass is 365 g/mol. The maximum atomic E-state index is 11.7. The Bertz CT molecular complexity index is 1060. The second-order valence-electron chi connectivity index (χ2n) is 6.40. The zero-order valence-corrected chi connectivity index (χ0v) is 14.9. The van der Waals surface area contributed by atoms with Crippen LogP contribution < -0.4 is 15.2 Å². The maximum absolute atomic E-state index is 11.7. The molecule has 2 aromatic rings. The first kappa shape index (κ1) is 16.9. The fraction of sp³-hybridized carbons (Fsp3) is 0.211. The molecule has 2 aromatic carbocycles. The van der Waals surface area contributed by atoms with Crippen LogP contribution in [0.5, 0.6) is 11.5 Å². The summed E-state index contributed by atoms with van der Waals surface area (Å²) >= 11 is 0. The van der Waals surface area contributed by atoms with Crippen molar-refractivity contribution < 1.29 is 19.0 Å². The van der Waals surface area contributed by atoms with E-state index in [1.165, 1.54) is 7.05 Å². The number of nitrogens with zero attached hydrogens (tertiary/aromatic N) is 3. The Morgan fingerprint density at radius 1 is 1.15 bits per heavy atom. The summed E-state index contributed by atoms with van der Waals surface area (Å²) in [6.45, 7) is 1.99. The minimum absolute atomic E-state index is 0.144. The number of primary amides is 1. The highest BCUT2D eigenvalue weighted by molar-refractivity contribution is 6.39. The average molecular weight is 365 g/mol. The third-order valence-electron chi connectivity index (χ3n) is 4.58. The molecular weight excluding hydrogens is 348 g/mol. The molecule has 0 unspecified atom stereocenters. The molecule has 8 heteroatoms. The summed E-state index contributed by atoms with van der Waals surface area (Å²) in [5.41, 5.74) is 9.91. The lowest BCUT2D eigenvalue weighted by atomic mass is 9.93. The zero-order chi connectivity index (χ0) is 19.1. The minimum Gasteiger partial charge on any atom is -0.454 e. The molecule has 0 aromatic heterocycles. The van der Waals surface area contributed by atoms with Gasteiger partial charge in [-0.1, -0.05) is 0 Å². The fourth-order valence-corrected chi connectivity index (χ4v) is 3.24. The lowest BCUT2D eigenvalue weighted by Crippen LogP contribution is -2.24. The average Bonchev–Trinajstić information content (AvgIpc) is 2.98. The smallest absolute Gasteiger partial charge is 0.265 e. The number of fused-ring (bicyclic) bond motifs is 2. The molecule has 0 saturated heterocycles. The highest BCUT2D eigenvalue weighted by atomic mass is 16.7. The number of nitrogens with two attached hydrogens (primary N) is 1. The summed E-state index contributed by atoms with van der Waals surface area (Å²) in [5.74, 6) is 0.595. The van der Waals surface area contributed by atoms with Crippen molar-refractivity contribution in [1.82, 2.24) is 0 Å². The van der Waals surface area contributed by atoms with Crippen LogP contribution in [0.4, 0.5) is 5.69 Å². The molecule has 2 heterocycles. The summed E-state index contributed by atoms with van der Waals surface area (Å²) in [5, 5.41) is 8.36. The molecule has 0 aliphatic carbocycles. The molecular formula is C19H17N4O4+. The van der Waals surface area contributed by atoms with Crippen LogP contribution in [0.15, 0.2) is 40.5 Å². The van der Waals surface area contributed by atoms with Gasteiger partial charge in [0.25, 0.3) is 11.6 Å². The van der Waals surface area contributed by atoms with Gasteiger partial charge in [0, 0.05) is 38.8 Å². The van der Waals surface area contributed by atoms with Crippen LogP contribution >= 0.6 is 0 Å². The standard InChI is InChI=1S/C19H16N4O4/c1-10-5-11(3-4-15(10)23(2)25)18-13-8-17-16(26-9-27-17)7-12(13)6-14(19(20)24)21-22-18/h3-5,7-8H,6,9H2,1-2H3,(H-,20,24)/p+1. The number of hydrogen-bond donors (Lipinski definition) is 1. The Morgan fingerprint density at radius 3 is 2.56 bits per heavy atom. The van der Waals surface area contributed by atoms with E-state index < -0.39 is 5.91 Å². The second kappa shape index (κ2) is 6.31. The molecule has 2 aliphatic rings. The fourth-order valence-electron chi connectivity index (χ4n) is 3.24. The number of hydrogen-bond acceptors (Lipinski definition) is 6. The van der Waals surface area contributed by atoms with E-state index in [1.54, 1.807) is 12.1 Å². The summed E-state index contributed by atoms with van der Waals surface area (Å²) in [4.78, 5) is 23.3. The van der Waals surface area contributed by atoms with Gasteiger partial charge in [-0.25, -0.2) is 0 Å². The molecule has 0 bridgehead atoms. The number of nitroso groups, excluding NO2 is 1. The molecule has 136 valence electrons. The van der Waals surface area contributed by atoms with Crippen molar-refractivity contribution in [2.45, 2.75) is 13.3 Å². The van der Waals surface area contributed by atoms with E-state index in [9.17, 15) is 9.70 Å². The number of rotatable bonds is 3. The van der Waals surface area contributed by atoms with E-state index in [2.05, 4.69) is 10.2 Å². The molecule has 0 atom stereocenters. The van der Waals surface area contributed by atoms with Crippen LogP contribution in [0, 0.1) is 11.8 Å². The Labute approximate surface area is 154 Å². The maximum Gasteiger partial charge on any atom is 0.265 e. The van der Waals surface area contributed by atoms with E-state index >= 15 is 0 Å². The van der Waals surface area contributed by atoms with Gasteiger partial charge in [0.05, 0.1) is 0 Å². The first-order valence-corrected chi connectivity index (χ1v) is 8.33. The normalized spacial score (nSPS) is 14.7. The van der Waals surface area contributed by atoms with E-state index in [-0.39, 0.29) is 18.9 Å². The lowest BCUT2D eigenvalue weighted by molar-refractivity contribution is -0.428. The van der Waals surface area contributed by atoms with E-state index in [0.717, 1.165) is 27.0 Å². The van der Waals surface area contributed by atoms with E-state index in [0.29, 0.717) is 22.9 Å². The van der Waals surface area contributed by atoms with Crippen LogP contribution in [0.1, 0.15) is 22.3 Å². The largest absolute Gasteiger partial charge is 0.454 e. The van der Waals surface area contributed by atoms with Gasteiger partial charge in [0.2, 0.25) is 6.79 Å². The molecule has 0 saturated carbocycles. The molecule has 2 N–H and O–H groups in total. The van der Waals surface area contributed by atoms with Crippen LogP contribution in [-0.4, -0.2) is 35.9 Å². The highest BCUT2D eigenvalue weighted by Crippen LogP contribution is 2.37. The highest BCUT2D eigenvalue weighted by Gasteiger charge is 2.25. The van der Waals surface area contributed by atoms with Crippen molar-refractivity contribution in [1.29, 1.82) is 0 Å². The Kier molecular flexibility index (Phi) is 3.95. The van der Waals surface area contributed by atoms with Crippen molar-refractivity contribution in [2.24, 2.45) is 15.9 Å². The number of amides is 1. The molecule has 4 rings (SSSR count). The zero-order valence-electron chi connectivity index (χ0n) is 14.9. The molecule has 27 heavy (non-hydrogen) atoms. The Balaban J connectivity index is 1.90. The Morgan fingerprint density at radius 2 is 1.89 bits per heavy atom. The van der Waals surface area contributed by atoms with Crippen molar-refractivity contribution in [3.63, 3.8) is 0 Å². The first-order chi connectivity index (χ1) is 12.9. The van der Waals surface area contributed by atoms with Crippen molar-refractivity contribution in [3.05, 3.63) is 57.5 Å². The van der Waals surface area contributed by atoms with Gasteiger partial charge in [0.1, 0.15) is 11.4 Å². The Hall–Kier alpha value is -3.55. The van der Waals surface area contributed by atoms with Gasteiger partial charge < -0.3 is 15.2 Å². The predicted molar refractivity (Wildman–Crippen MR) is 98.9 cm³/mol. The summed E-state index contributed by atoms with van der Waals surface area (Å²) in [7, 11) is 1.45.